The first-order valence-electron chi connectivity index (χ1n) is 6.34. The second-order valence-electron chi connectivity index (χ2n) is 5.56. The normalized spacial score (nSPS) is 11.8. The van der Waals surface area contributed by atoms with Gasteiger partial charge in [0.1, 0.15) is 0 Å². The fourth-order valence-electron chi connectivity index (χ4n) is 1.81. The van der Waals surface area contributed by atoms with Gasteiger partial charge in [0, 0.05) is 23.5 Å². The molecule has 0 unspecified atom stereocenters. The quantitative estimate of drug-likeness (QED) is 0.770. The van der Waals surface area contributed by atoms with Gasteiger partial charge in [-0.25, -0.2) is 0 Å². The van der Waals surface area contributed by atoms with Gasteiger partial charge in [-0.15, -0.1) is 0 Å². The molecule has 0 aliphatic rings. The van der Waals surface area contributed by atoms with Gasteiger partial charge in [0.15, 0.2) is 0 Å². The molecule has 0 spiro atoms. The lowest BCUT2D eigenvalue weighted by Gasteiger charge is -2.17. The summed E-state index contributed by atoms with van der Waals surface area (Å²) >= 11 is 0. The molecule has 3 rings (SSSR count). The Hall–Kier alpha value is -2.50. The smallest absolute Gasteiger partial charge is 0.322 e. The van der Waals surface area contributed by atoms with Crippen LogP contribution in [0.3, 0.4) is 0 Å². The summed E-state index contributed by atoms with van der Waals surface area (Å²) in [6, 6.07) is 6.11. The third-order valence-electron chi connectivity index (χ3n) is 2.64. The van der Waals surface area contributed by atoms with E-state index < -0.39 is 0 Å². The molecule has 2 aromatic heterocycles. The summed E-state index contributed by atoms with van der Waals surface area (Å²) in [5, 5.41) is 7.12. The minimum atomic E-state index is -0.126. The average molecular weight is 269 g/mol. The highest BCUT2D eigenvalue weighted by molar-refractivity contribution is 5.79. The van der Waals surface area contributed by atoms with Gasteiger partial charge in [-0.1, -0.05) is 5.16 Å². The van der Waals surface area contributed by atoms with Crippen LogP contribution in [0.25, 0.3) is 22.4 Å². The van der Waals surface area contributed by atoms with Crippen molar-refractivity contribution in [2.75, 3.05) is 5.32 Å². The van der Waals surface area contributed by atoms with E-state index in [4.69, 9.17) is 4.52 Å². The van der Waals surface area contributed by atoms with Crippen molar-refractivity contribution >= 4 is 17.0 Å². The molecular formula is C14H15N5O. The fourth-order valence-corrected chi connectivity index (χ4v) is 1.81. The first-order chi connectivity index (χ1) is 9.51. The predicted octanol–water partition coefficient (Wildman–Crippen LogP) is 2.89. The molecule has 0 fully saturated rings. The van der Waals surface area contributed by atoms with Crippen molar-refractivity contribution in [3.8, 4) is 11.4 Å². The lowest BCUT2D eigenvalue weighted by atomic mass is 10.1. The van der Waals surface area contributed by atoms with Crippen LogP contribution in [0.1, 0.15) is 20.8 Å². The van der Waals surface area contributed by atoms with Crippen LogP contribution in [-0.4, -0.2) is 25.6 Å². The van der Waals surface area contributed by atoms with Crippen LogP contribution < -0.4 is 5.32 Å². The molecule has 102 valence electrons. The lowest BCUT2D eigenvalue weighted by Crippen LogP contribution is -2.26. The number of hydrogen-bond donors (Lipinski definition) is 1. The van der Waals surface area contributed by atoms with E-state index in [1.54, 1.807) is 12.4 Å². The number of nitrogens with one attached hydrogen (secondary N) is 1. The standard InChI is InChI=1S/C14H15N5O/c1-14(2,3)18-13-17-12(19-20-13)9-4-5-10-11(8-9)16-7-6-15-10/h4-8H,1-3H3,(H,17,18,19). The van der Waals surface area contributed by atoms with E-state index in [-0.39, 0.29) is 5.54 Å². The van der Waals surface area contributed by atoms with E-state index in [9.17, 15) is 0 Å². The van der Waals surface area contributed by atoms with Gasteiger partial charge >= 0.3 is 6.01 Å². The van der Waals surface area contributed by atoms with Crippen LogP contribution in [0.15, 0.2) is 35.1 Å². The summed E-state index contributed by atoms with van der Waals surface area (Å²) in [5.41, 5.74) is 2.37. The minimum absolute atomic E-state index is 0.126. The van der Waals surface area contributed by atoms with Crippen LogP contribution in [-0.2, 0) is 0 Å². The molecule has 0 aliphatic carbocycles. The predicted molar refractivity (Wildman–Crippen MR) is 76.2 cm³/mol. The molecule has 1 aromatic carbocycles. The van der Waals surface area contributed by atoms with E-state index in [1.807, 2.05) is 39.0 Å². The van der Waals surface area contributed by atoms with Crippen molar-refractivity contribution < 1.29 is 4.52 Å². The van der Waals surface area contributed by atoms with Gasteiger partial charge in [-0.2, -0.15) is 4.98 Å². The summed E-state index contributed by atoms with van der Waals surface area (Å²) in [4.78, 5) is 12.8. The second-order valence-corrected chi connectivity index (χ2v) is 5.56. The maximum atomic E-state index is 5.20. The van der Waals surface area contributed by atoms with Crippen LogP contribution in [0.4, 0.5) is 6.01 Å². The van der Waals surface area contributed by atoms with E-state index >= 15 is 0 Å². The number of aromatic nitrogens is 4. The molecule has 6 heteroatoms. The minimum Gasteiger partial charge on any atom is -0.333 e. The van der Waals surface area contributed by atoms with Crippen LogP contribution in [0.2, 0.25) is 0 Å². The Morgan fingerprint density at radius 2 is 1.80 bits per heavy atom. The maximum absolute atomic E-state index is 5.20. The molecule has 20 heavy (non-hydrogen) atoms. The van der Waals surface area contributed by atoms with Crippen molar-refractivity contribution in [3.63, 3.8) is 0 Å². The van der Waals surface area contributed by atoms with Crippen LogP contribution in [0, 0.1) is 0 Å². The number of hydrogen-bond acceptors (Lipinski definition) is 6. The summed E-state index contributed by atoms with van der Waals surface area (Å²) in [5.74, 6) is 0.532. The number of rotatable bonds is 2. The van der Waals surface area contributed by atoms with E-state index in [0.717, 1.165) is 16.6 Å². The Kier molecular flexibility index (Phi) is 2.85. The molecule has 0 bridgehead atoms. The Bertz CT molecular complexity index is 744. The van der Waals surface area contributed by atoms with Crippen molar-refractivity contribution in [3.05, 3.63) is 30.6 Å². The largest absolute Gasteiger partial charge is 0.333 e. The van der Waals surface area contributed by atoms with Gasteiger partial charge in [0.2, 0.25) is 5.82 Å². The number of fused-ring (bicyclic) bond motifs is 1. The van der Waals surface area contributed by atoms with Crippen molar-refractivity contribution in [1.29, 1.82) is 0 Å². The highest BCUT2D eigenvalue weighted by Crippen LogP contribution is 2.22. The Balaban J connectivity index is 1.95. The second kappa shape index (κ2) is 4.56. The fraction of sp³-hybridized carbons (Fsp3) is 0.286. The molecule has 0 saturated heterocycles. The first-order valence-corrected chi connectivity index (χ1v) is 6.34. The number of nitrogens with zero attached hydrogens (tertiary/aromatic N) is 4. The molecular weight excluding hydrogens is 254 g/mol. The monoisotopic (exact) mass is 269 g/mol. The number of benzene rings is 1. The molecule has 3 aromatic rings. The third kappa shape index (κ3) is 2.59. The Morgan fingerprint density at radius 3 is 2.55 bits per heavy atom. The zero-order valence-electron chi connectivity index (χ0n) is 11.6. The summed E-state index contributed by atoms with van der Waals surface area (Å²) in [7, 11) is 0. The van der Waals surface area contributed by atoms with E-state index in [2.05, 4.69) is 25.4 Å². The molecule has 1 N–H and O–H groups in total. The van der Waals surface area contributed by atoms with Crippen molar-refractivity contribution in [1.82, 2.24) is 20.1 Å². The SMILES string of the molecule is CC(C)(C)Nc1nc(-c2ccc3nccnc3c2)no1. The van der Waals surface area contributed by atoms with Crippen molar-refractivity contribution in [2.24, 2.45) is 0 Å². The van der Waals surface area contributed by atoms with Gasteiger partial charge in [-0.05, 0) is 39.0 Å². The molecule has 0 saturated carbocycles. The van der Waals surface area contributed by atoms with E-state index in [1.165, 1.54) is 0 Å². The average Bonchev–Trinajstić information content (AvgIpc) is 2.84. The topological polar surface area (TPSA) is 76.7 Å². The first kappa shape index (κ1) is 12.5. The highest BCUT2D eigenvalue weighted by Gasteiger charge is 2.15. The molecule has 6 nitrogen and oxygen atoms in total. The zero-order valence-corrected chi connectivity index (χ0v) is 11.6. The van der Waals surface area contributed by atoms with Gasteiger partial charge in [0.05, 0.1) is 11.0 Å². The van der Waals surface area contributed by atoms with Gasteiger partial charge in [0.25, 0.3) is 0 Å². The molecule has 0 amide bonds. The Labute approximate surface area is 116 Å². The van der Waals surface area contributed by atoms with Gasteiger partial charge < -0.3 is 9.84 Å². The number of anilines is 1. The Morgan fingerprint density at radius 1 is 1.05 bits per heavy atom. The van der Waals surface area contributed by atoms with E-state index in [0.29, 0.717) is 11.8 Å². The summed E-state index contributed by atoms with van der Waals surface area (Å²) in [6.45, 7) is 6.09. The molecule has 2 heterocycles. The molecule has 0 atom stereocenters. The van der Waals surface area contributed by atoms with Gasteiger partial charge in [-0.3, -0.25) is 9.97 Å². The molecule has 0 radical (unpaired) electrons. The third-order valence-corrected chi connectivity index (χ3v) is 2.64. The van der Waals surface area contributed by atoms with Crippen LogP contribution >= 0.6 is 0 Å². The zero-order chi connectivity index (χ0) is 14.2. The highest BCUT2D eigenvalue weighted by atomic mass is 16.5. The maximum Gasteiger partial charge on any atom is 0.322 e. The van der Waals surface area contributed by atoms with Crippen LogP contribution in [0.5, 0.6) is 0 Å². The lowest BCUT2D eigenvalue weighted by molar-refractivity contribution is 0.420. The summed E-state index contributed by atoms with van der Waals surface area (Å²) < 4.78 is 5.20. The van der Waals surface area contributed by atoms with Crippen molar-refractivity contribution in [2.45, 2.75) is 26.3 Å². The molecule has 0 aliphatic heterocycles. The summed E-state index contributed by atoms with van der Waals surface area (Å²) in [6.07, 6.45) is 3.33.